The van der Waals surface area contributed by atoms with Gasteiger partial charge in [0, 0.05) is 12.5 Å². The molecule has 1 aromatic carbocycles. The molecule has 0 aromatic heterocycles. The molecule has 1 amide bonds. The van der Waals surface area contributed by atoms with Crippen molar-refractivity contribution in [3.8, 4) is 0 Å². The topological polar surface area (TPSA) is 55.1 Å². The van der Waals surface area contributed by atoms with Crippen LogP contribution in [-0.2, 0) is 4.79 Å². The molecule has 0 heterocycles. The first kappa shape index (κ1) is 17.0. The quantitative estimate of drug-likeness (QED) is 0.770. The zero-order chi connectivity index (χ0) is 15.3. The maximum absolute atomic E-state index is 13.6. The molecule has 20 heavy (non-hydrogen) atoms. The summed E-state index contributed by atoms with van der Waals surface area (Å²) in [5.74, 6) is -1.20. The van der Waals surface area contributed by atoms with E-state index < -0.39 is 11.6 Å². The number of hydrogen-bond donors (Lipinski definition) is 2. The molecule has 0 unspecified atom stereocenters. The molecule has 1 aromatic rings. The van der Waals surface area contributed by atoms with Gasteiger partial charge in [-0.15, -0.1) is 0 Å². The monoisotopic (exact) mass is 348 g/mol. The second-order valence-electron chi connectivity index (χ2n) is 5.23. The van der Waals surface area contributed by atoms with Gasteiger partial charge in [0.1, 0.15) is 11.6 Å². The zero-order valence-corrected chi connectivity index (χ0v) is 13.1. The van der Waals surface area contributed by atoms with E-state index in [9.17, 15) is 13.6 Å². The summed E-state index contributed by atoms with van der Waals surface area (Å²) >= 11 is 2.88. The number of hydrogen-bond acceptors (Lipinski definition) is 2. The van der Waals surface area contributed by atoms with Gasteiger partial charge in [-0.05, 0) is 46.8 Å². The first-order chi connectivity index (χ1) is 9.33. The largest absolute Gasteiger partial charge is 0.330 e. The van der Waals surface area contributed by atoms with Gasteiger partial charge in [0.25, 0.3) is 0 Å². The van der Waals surface area contributed by atoms with Crippen LogP contribution in [0.1, 0.15) is 26.7 Å². The second-order valence-corrected chi connectivity index (χ2v) is 6.08. The second kappa shape index (κ2) is 7.69. The van der Waals surface area contributed by atoms with E-state index in [4.69, 9.17) is 5.73 Å². The average molecular weight is 349 g/mol. The Morgan fingerprint density at radius 3 is 2.55 bits per heavy atom. The molecule has 0 radical (unpaired) electrons. The number of carbonyl (C=O) groups excluding carboxylic acids is 1. The van der Waals surface area contributed by atoms with E-state index in [2.05, 4.69) is 21.2 Å². The number of amides is 1. The number of nitrogens with one attached hydrogen (secondary N) is 1. The third-order valence-corrected chi connectivity index (χ3v) is 3.50. The molecule has 1 atom stereocenters. The predicted molar refractivity (Wildman–Crippen MR) is 79.3 cm³/mol. The summed E-state index contributed by atoms with van der Waals surface area (Å²) in [5, 5.41) is 2.39. The Kier molecular flexibility index (Phi) is 6.55. The van der Waals surface area contributed by atoms with Crippen molar-refractivity contribution in [2.75, 3.05) is 11.9 Å². The van der Waals surface area contributed by atoms with Crippen molar-refractivity contribution < 1.29 is 13.6 Å². The molecular weight excluding hydrogens is 330 g/mol. The third kappa shape index (κ3) is 5.17. The molecule has 3 N–H and O–H groups in total. The first-order valence-corrected chi connectivity index (χ1v) is 7.27. The molecule has 0 bridgehead atoms. The van der Waals surface area contributed by atoms with Crippen molar-refractivity contribution in [2.45, 2.75) is 26.7 Å². The smallest absolute Gasteiger partial charge is 0.224 e. The molecule has 3 nitrogen and oxygen atoms in total. The minimum Gasteiger partial charge on any atom is -0.330 e. The number of benzene rings is 1. The van der Waals surface area contributed by atoms with Crippen molar-refractivity contribution >= 4 is 27.5 Å². The molecule has 0 spiro atoms. The Labute approximate surface area is 126 Å². The van der Waals surface area contributed by atoms with Crippen molar-refractivity contribution in [1.82, 2.24) is 0 Å². The summed E-state index contributed by atoms with van der Waals surface area (Å²) in [6.45, 7) is 4.48. The van der Waals surface area contributed by atoms with E-state index in [0.29, 0.717) is 12.5 Å². The summed E-state index contributed by atoms with van der Waals surface area (Å²) in [6.07, 6.45) is 1.02. The fourth-order valence-electron chi connectivity index (χ4n) is 2.01. The lowest BCUT2D eigenvalue weighted by Crippen LogP contribution is -2.23. The maximum Gasteiger partial charge on any atom is 0.224 e. The standard InChI is InChI=1S/C14H19BrF2N2O/c1-8(2)3-9(7-18)4-14(20)19-13-6-11(16)10(15)5-12(13)17/h5-6,8-9H,3-4,7,18H2,1-2H3,(H,19,20)/t9-/m0/s1. The number of rotatable bonds is 6. The highest BCUT2D eigenvalue weighted by Crippen LogP contribution is 2.24. The molecule has 0 aliphatic rings. The van der Waals surface area contributed by atoms with E-state index in [1.807, 2.05) is 13.8 Å². The minimum absolute atomic E-state index is 0.0210. The van der Waals surface area contributed by atoms with Crippen LogP contribution in [0.3, 0.4) is 0 Å². The molecule has 0 aliphatic heterocycles. The van der Waals surface area contributed by atoms with Crippen molar-refractivity contribution in [3.05, 3.63) is 28.2 Å². The number of halogens is 3. The molecular formula is C14H19BrF2N2O. The Morgan fingerprint density at radius 1 is 1.35 bits per heavy atom. The predicted octanol–water partition coefficient (Wildman–Crippen LogP) is 3.68. The van der Waals surface area contributed by atoms with Crippen LogP contribution in [0, 0.1) is 23.5 Å². The average Bonchev–Trinajstić information content (AvgIpc) is 2.34. The third-order valence-electron chi connectivity index (χ3n) is 2.90. The van der Waals surface area contributed by atoms with Crippen LogP contribution >= 0.6 is 15.9 Å². The van der Waals surface area contributed by atoms with Gasteiger partial charge in [-0.25, -0.2) is 8.78 Å². The lowest BCUT2D eigenvalue weighted by atomic mass is 9.94. The number of nitrogens with two attached hydrogens (primary N) is 1. The molecule has 1 rings (SSSR count). The molecule has 112 valence electrons. The molecule has 6 heteroatoms. The summed E-state index contributed by atoms with van der Waals surface area (Å²) in [4.78, 5) is 11.8. The van der Waals surface area contributed by atoms with Crippen LogP contribution in [0.4, 0.5) is 14.5 Å². The maximum atomic E-state index is 13.6. The SMILES string of the molecule is CC(C)C[C@H](CN)CC(=O)Nc1cc(F)c(Br)cc1F. The van der Waals surface area contributed by atoms with Crippen LogP contribution in [0.25, 0.3) is 0 Å². The van der Waals surface area contributed by atoms with Gasteiger partial charge in [-0.2, -0.15) is 0 Å². The van der Waals surface area contributed by atoms with Gasteiger partial charge in [0.15, 0.2) is 0 Å². The first-order valence-electron chi connectivity index (χ1n) is 6.48. The Bertz CT molecular complexity index is 480. The van der Waals surface area contributed by atoms with Gasteiger partial charge in [0.05, 0.1) is 10.2 Å². The summed E-state index contributed by atoms with van der Waals surface area (Å²) in [7, 11) is 0. The molecule has 0 saturated carbocycles. The Balaban J connectivity index is 2.68. The lowest BCUT2D eigenvalue weighted by molar-refractivity contribution is -0.117. The van der Waals surface area contributed by atoms with Crippen LogP contribution in [0.15, 0.2) is 16.6 Å². The minimum atomic E-state index is -0.681. The van der Waals surface area contributed by atoms with E-state index in [0.717, 1.165) is 18.6 Å². The lowest BCUT2D eigenvalue weighted by Gasteiger charge is -2.16. The van der Waals surface area contributed by atoms with Gasteiger partial charge < -0.3 is 11.1 Å². The van der Waals surface area contributed by atoms with Crippen LogP contribution in [0.2, 0.25) is 0 Å². The summed E-state index contributed by atoms with van der Waals surface area (Å²) in [5.41, 5.74) is 5.46. The molecule has 0 fully saturated rings. The molecule has 0 saturated heterocycles. The fourth-order valence-corrected chi connectivity index (χ4v) is 2.33. The van der Waals surface area contributed by atoms with Gasteiger partial charge >= 0.3 is 0 Å². The van der Waals surface area contributed by atoms with Crippen LogP contribution < -0.4 is 11.1 Å². The highest BCUT2D eigenvalue weighted by molar-refractivity contribution is 9.10. The van der Waals surface area contributed by atoms with Crippen molar-refractivity contribution in [1.29, 1.82) is 0 Å². The highest BCUT2D eigenvalue weighted by Gasteiger charge is 2.16. The fraction of sp³-hybridized carbons (Fsp3) is 0.500. The normalized spacial score (nSPS) is 12.6. The van der Waals surface area contributed by atoms with E-state index in [-0.39, 0.29) is 28.4 Å². The van der Waals surface area contributed by atoms with E-state index >= 15 is 0 Å². The number of anilines is 1. The van der Waals surface area contributed by atoms with Crippen molar-refractivity contribution in [2.24, 2.45) is 17.6 Å². The summed E-state index contributed by atoms with van der Waals surface area (Å²) in [6, 6.07) is 1.94. The zero-order valence-electron chi connectivity index (χ0n) is 11.6. The Hall–Kier alpha value is -1.01. The van der Waals surface area contributed by atoms with E-state index in [1.165, 1.54) is 0 Å². The van der Waals surface area contributed by atoms with Crippen molar-refractivity contribution in [3.63, 3.8) is 0 Å². The summed E-state index contributed by atoms with van der Waals surface area (Å²) < 4.78 is 26.9. The van der Waals surface area contributed by atoms with Gasteiger partial charge in [-0.1, -0.05) is 13.8 Å². The highest BCUT2D eigenvalue weighted by atomic mass is 79.9. The van der Waals surface area contributed by atoms with Gasteiger partial charge in [-0.3, -0.25) is 4.79 Å². The van der Waals surface area contributed by atoms with Crippen LogP contribution in [-0.4, -0.2) is 12.5 Å². The van der Waals surface area contributed by atoms with Crippen LogP contribution in [0.5, 0.6) is 0 Å². The van der Waals surface area contributed by atoms with E-state index in [1.54, 1.807) is 0 Å². The van der Waals surface area contributed by atoms with Gasteiger partial charge in [0.2, 0.25) is 5.91 Å². The molecule has 0 aliphatic carbocycles. The number of carbonyl (C=O) groups is 1. The Morgan fingerprint density at radius 2 is 2.00 bits per heavy atom.